The van der Waals surface area contributed by atoms with Crippen LogP contribution in [0.2, 0.25) is 0 Å². The minimum atomic E-state index is -1.04. The molecule has 17 heteroatoms. The van der Waals surface area contributed by atoms with E-state index in [0.29, 0.717) is 90.9 Å². The maximum atomic E-state index is 14.5. The van der Waals surface area contributed by atoms with Gasteiger partial charge in [0.2, 0.25) is 25.1 Å². The summed E-state index contributed by atoms with van der Waals surface area (Å²) in [5, 5.41) is 0. The molecule has 4 heterocycles. The van der Waals surface area contributed by atoms with Crippen molar-refractivity contribution in [3.8, 4) is 57.5 Å². The second-order valence-corrected chi connectivity index (χ2v) is 15.5. The van der Waals surface area contributed by atoms with Crippen molar-refractivity contribution in [2.24, 2.45) is 23.7 Å². The molecular weight excluding hydrogens is 812 g/mol. The number of carbonyl (C=O) groups excluding carboxylic acids is 3. The van der Waals surface area contributed by atoms with E-state index in [1.807, 2.05) is 0 Å². The van der Waals surface area contributed by atoms with Crippen LogP contribution in [-0.4, -0.2) is 87.6 Å². The second kappa shape index (κ2) is 15.2. The molecule has 0 amide bonds. The first-order valence-electron chi connectivity index (χ1n) is 19.9. The van der Waals surface area contributed by atoms with Gasteiger partial charge >= 0.3 is 18.1 Å². The van der Waals surface area contributed by atoms with Gasteiger partial charge in [-0.1, -0.05) is 0 Å². The quantitative estimate of drug-likeness (QED) is 0.134. The molecule has 0 bridgehead atoms. The van der Waals surface area contributed by atoms with Gasteiger partial charge in [-0.3, -0.25) is 9.59 Å². The minimum Gasteiger partial charge on any atom is -0.493 e. The van der Waals surface area contributed by atoms with E-state index in [0.717, 1.165) is 0 Å². The summed E-state index contributed by atoms with van der Waals surface area (Å²) in [5.74, 6) is -0.986. The summed E-state index contributed by atoms with van der Waals surface area (Å²) in [7, 11) is 9.07. The van der Waals surface area contributed by atoms with Crippen molar-refractivity contribution in [3.63, 3.8) is 0 Å². The highest BCUT2D eigenvalue weighted by molar-refractivity contribution is 5.80. The van der Waals surface area contributed by atoms with Crippen molar-refractivity contribution >= 4 is 18.1 Å². The molecule has 4 aliphatic heterocycles. The number of carbonyl (C=O) groups is 3. The monoisotopic (exact) mass is 854 g/mol. The Balaban J connectivity index is 1.05. The van der Waals surface area contributed by atoms with Gasteiger partial charge in [-0.15, -0.1) is 0 Å². The van der Waals surface area contributed by atoms with E-state index in [1.54, 1.807) is 48.5 Å². The van der Waals surface area contributed by atoms with E-state index in [4.69, 9.17) is 66.3 Å². The summed E-state index contributed by atoms with van der Waals surface area (Å²) in [6.07, 6.45) is -3.11. The van der Waals surface area contributed by atoms with Crippen LogP contribution >= 0.6 is 0 Å². The van der Waals surface area contributed by atoms with Crippen molar-refractivity contribution in [2.45, 2.75) is 24.0 Å². The number of esters is 2. The van der Waals surface area contributed by atoms with Gasteiger partial charge in [-0.2, -0.15) is 0 Å². The lowest BCUT2D eigenvalue weighted by atomic mass is 9.66. The predicted molar refractivity (Wildman–Crippen MR) is 210 cm³/mol. The molecule has 4 aromatic rings. The first-order chi connectivity index (χ1) is 30.2. The molecule has 6 aliphatic rings. The lowest BCUT2D eigenvalue weighted by Gasteiger charge is -2.40. The van der Waals surface area contributed by atoms with Crippen LogP contribution in [0.25, 0.3) is 0 Å². The molecule has 4 aromatic carbocycles. The van der Waals surface area contributed by atoms with Crippen LogP contribution in [-0.2, 0) is 28.5 Å². The van der Waals surface area contributed by atoms with Crippen LogP contribution in [0.5, 0.6) is 57.5 Å². The average Bonchev–Trinajstić information content (AvgIpc) is 4.11. The van der Waals surface area contributed by atoms with Crippen LogP contribution in [0, 0.1) is 23.7 Å². The first kappa shape index (κ1) is 39.2. The highest BCUT2D eigenvalue weighted by Gasteiger charge is 2.57. The standard InChI is InChI=1S/C45H42O17/c1-49-31-7-19(8-32(50-2)41(31)53-5)35-21-11-27-29(59-17-57-27)13-23(21)39(25-15-55-43(46)37(25)35)61-45(48)62-40-24-14-30-28(58-18-60-30)12-22(24)36(38-26(40)16-56-44(38)47)20-9-33(51-3)42(54-6)34(10-20)52-4/h7-14,25-26,35-40H,15-18H2,1-6H3/t25-,26-,35+,36+,37-,38-,39-,40-/m0/s1. The molecule has 2 fully saturated rings. The van der Waals surface area contributed by atoms with E-state index < -0.39 is 65.8 Å². The van der Waals surface area contributed by atoms with Crippen molar-refractivity contribution in [3.05, 3.63) is 81.9 Å². The van der Waals surface area contributed by atoms with E-state index in [-0.39, 0.29) is 26.8 Å². The van der Waals surface area contributed by atoms with Crippen LogP contribution in [0.3, 0.4) is 0 Å². The molecule has 10 rings (SSSR count). The highest BCUT2D eigenvalue weighted by Crippen LogP contribution is 2.59. The van der Waals surface area contributed by atoms with Gasteiger partial charge in [0.25, 0.3) is 0 Å². The molecule has 2 saturated heterocycles. The summed E-state index contributed by atoms with van der Waals surface area (Å²) < 4.78 is 81.3. The summed E-state index contributed by atoms with van der Waals surface area (Å²) in [6.45, 7) is -0.129. The summed E-state index contributed by atoms with van der Waals surface area (Å²) in [6, 6.07) is 14.3. The fraction of sp³-hybridized carbons (Fsp3) is 0.400. The third-order valence-electron chi connectivity index (χ3n) is 12.8. The first-order valence-corrected chi connectivity index (χ1v) is 19.9. The number of ether oxygens (including phenoxy) is 14. The third-order valence-corrected chi connectivity index (χ3v) is 12.8. The molecular formula is C45H42O17. The van der Waals surface area contributed by atoms with Crippen LogP contribution in [0.1, 0.15) is 57.4 Å². The van der Waals surface area contributed by atoms with Crippen molar-refractivity contribution in [2.75, 3.05) is 69.5 Å². The number of hydrogen-bond donors (Lipinski definition) is 0. The van der Waals surface area contributed by atoms with Gasteiger partial charge in [-0.05, 0) is 70.8 Å². The minimum absolute atomic E-state index is 0.0183. The molecule has 0 spiro atoms. The number of fused-ring (bicyclic) bond motifs is 6. The Labute approximate surface area is 354 Å². The fourth-order valence-corrected chi connectivity index (χ4v) is 10.1. The largest absolute Gasteiger partial charge is 0.509 e. The zero-order valence-corrected chi connectivity index (χ0v) is 34.5. The molecule has 0 N–H and O–H groups in total. The van der Waals surface area contributed by atoms with E-state index >= 15 is 0 Å². The fourth-order valence-electron chi connectivity index (χ4n) is 10.1. The van der Waals surface area contributed by atoms with Gasteiger partial charge in [-0.25, -0.2) is 4.79 Å². The Morgan fingerprint density at radius 2 is 0.806 bits per heavy atom. The summed E-state index contributed by atoms with van der Waals surface area (Å²) >= 11 is 0. The van der Waals surface area contributed by atoms with Crippen LogP contribution in [0.4, 0.5) is 4.79 Å². The van der Waals surface area contributed by atoms with E-state index in [1.165, 1.54) is 42.7 Å². The van der Waals surface area contributed by atoms with E-state index in [9.17, 15) is 14.4 Å². The highest BCUT2D eigenvalue weighted by atomic mass is 16.7. The molecule has 0 unspecified atom stereocenters. The lowest BCUT2D eigenvalue weighted by Crippen LogP contribution is -2.38. The average molecular weight is 855 g/mol. The zero-order valence-electron chi connectivity index (χ0n) is 34.5. The molecule has 0 saturated carbocycles. The van der Waals surface area contributed by atoms with Crippen molar-refractivity contribution < 1.29 is 80.7 Å². The number of benzene rings is 4. The maximum Gasteiger partial charge on any atom is 0.509 e. The lowest BCUT2D eigenvalue weighted by molar-refractivity contribution is -0.142. The van der Waals surface area contributed by atoms with Crippen LogP contribution in [0.15, 0.2) is 48.5 Å². The van der Waals surface area contributed by atoms with Gasteiger partial charge in [0.05, 0.1) is 67.7 Å². The third kappa shape index (κ3) is 5.99. The SMILES string of the molecule is COc1cc([C@@H]2c3cc4c(cc3[C@H](OC(=O)O[C@H]3c5cc6c(cc5[C@@H](c5cc(OC)c(OC)c(OC)c5)[C@H]5C(=O)OC[C@@H]53)OCO6)[C@H]3COC(=O)[C@H]23)OCO4)cc(OC)c1OC. The number of hydrogen-bond acceptors (Lipinski definition) is 17. The Bertz CT molecular complexity index is 2280. The van der Waals surface area contributed by atoms with Gasteiger partial charge in [0, 0.05) is 34.8 Å². The Kier molecular flexibility index (Phi) is 9.63. The van der Waals surface area contributed by atoms with Crippen LogP contribution < -0.4 is 47.4 Å². The van der Waals surface area contributed by atoms with E-state index in [2.05, 4.69) is 0 Å². The zero-order chi connectivity index (χ0) is 43.0. The predicted octanol–water partition coefficient (Wildman–Crippen LogP) is 6.00. The Morgan fingerprint density at radius 3 is 1.13 bits per heavy atom. The summed E-state index contributed by atoms with van der Waals surface area (Å²) in [4.78, 5) is 42.2. The topological polar surface area (TPSA) is 180 Å². The molecule has 2 aliphatic carbocycles. The molecule has 8 atom stereocenters. The second-order valence-electron chi connectivity index (χ2n) is 15.5. The maximum absolute atomic E-state index is 14.5. The molecule has 324 valence electrons. The van der Waals surface area contributed by atoms with Gasteiger partial charge < -0.3 is 66.3 Å². The number of methoxy groups -OCH3 is 6. The van der Waals surface area contributed by atoms with Gasteiger partial charge in [0.15, 0.2) is 46.0 Å². The molecule has 0 aromatic heterocycles. The van der Waals surface area contributed by atoms with Crippen molar-refractivity contribution in [1.82, 2.24) is 0 Å². The molecule has 62 heavy (non-hydrogen) atoms. The smallest absolute Gasteiger partial charge is 0.493 e. The number of cyclic esters (lactones) is 2. The Hall–Kier alpha value is -6.91. The van der Waals surface area contributed by atoms with Crippen molar-refractivity contribution in [1.29, 1.82) is 0 Å². The Morgan fingerprint density at radius 1 is 0.468 bits per heavy atom. The number of rotatable bonds is 10. The normalized spacial score (nSPS) is 25.6. The summed E-state index contributed by atoms with van der Waals surface area (Å²) in [5.41, 5.74) is 3.75. The van der Waals surface area contributed by atoms with Gasteiger partial charge in [0.1, 0.15) is 12.2 Å². The molecule has 0 radical (unpaired) electrons. The molecule has 17 nitrogen and oxygen atoms in total.